The number of nitrogens with zero attached hydrogens (tertiary/aromatic N) is 2. The van der Waals surface area contributed by atoms with Gasteiger partial charge in [-0.15, -0.1) is 10.2 Å². The van der Waals surface area contributed by atoms with Crippen molar-refractivity contribution in [2.45, 2.75) is 6.42 Å². The van der Waals surface area contributed by atoms with Gasteiger partial charge in [0.1, 0.15) is 11.5 Å². The van der Waals surface area contributed by atoms with Crippen LogP contribution in [0.15, 0.2) is 22.6 Å². The topological polar surface area (TPSA) is 83.4 Å². The third kappa shape index (κ3) is 2.43. The van der Waals surface area contributed by atoms with Gasteiger partial charge in [-0.05, 0) is 12.1 Å². The van der Waals surface area contributed by atoms with E-state index in [4.69, 9.17) is 19.6 Å². The summed E-state index contributed by atoms with van der Waals surface area (Å²) in [6.07, 6.45) is 0.561. The molecular weight excluding hydrogens is 234 g/mol. The second-order valence-corrected chi connectivity index (χ2v) is 3.61. The minimum atomic E-state index is 0.415. The van der Waals surface area contributed by atoms with Crippen LogP contribution in [0.1, 0.15) is 5.89 Å². The lowest BCUT2D eigenvalue weighted by Gasteiger charge is -2.07. The molecule has 0 atom stereocenters. The third-order valence-corrected chi connectivity index (χ3v) is 2.46. The Morgan fingerprint density at radius 1 is 1.22 bits per heavy atom. The van der Waals surface area contributed by atoms with Crippen LogP contribution in [0.2, 0.25) is 0 Å². The molecule has 0 spiro atoms. The number of benzene rings is 1. The highest BCUT2D eigenvalue weighted by molar-refractivity contribution is 5.64. The molecule has 0 aliphatic heterocycles. The molecular formula is C12H15N3O3. The van der Waals surface area contributed by atoms with Gasteiger partial charge < -0.3 is 19.6 Å². The molecule has 1 heterocycles. The maximum atomic E-state index is 5.50. The van der Waals surface area contributed by atoms with Crippen molar-refractivity contribution in [3.05, 3.63) is 24.1 Å². The Morgan fingerprint density at radius 3 is 2.72 bits per heavy atom. The van der Waals surface area contributed by atoms with Crippen molar-refractivity contribution in [3.63, 3.8) is 0 Å². The summed E-state index contributed by atoms with van der Waals surface area (Å²) in [4.78, 5) is 0. The first-order valence-electron chi connectivity index (χ1n) is 5.53. The van der Waals surface area contributed by atoms with E-state index in [1.165, 1.54) is 0 Å². The molecule has 0 saturated heterocycles. The number of hydrogen-bond donors (Lipinski definition) is 1. The fraction of sp³-hybridized carbons (Fsp3) is 0.333. The van der Waals surface area contributed by atoms with Crippen LogP contribution in [0, 0.1) is 0 Å². The van der Waals surface area contributed by atoms with Gasteiger partial charge in [0, 0.05) is 19.0 Å². The molecule has 1 aromatic heterocycles. The number of nitrogens with two attached hydrogens (primary N) is 1. The zero-order valence-electron chi connectivity index (χ0n) is 10.3. The molecule has 0 aliphatic rings. The molecule has 2 N–H and O–H groups in total. The molecule has 2 rings (SSSR count). The van der Waals surface area contributed by atoms with Crippen LogP contribution >= 0.6 is 0 Å². The highest BCUT2D eigenvalue weighted by atomic mass is 16.5. The average molecular weight is 249 g/mol. The highest BCUT2D eigenvalue weighted by Gasteiger charge is 2.14. The van der Waals surface area contributed by atoms with E-state index in [-0.39, 0.29) is 0 Å². The van der Waals surface area contributed by atoms with Crippen LogP contribution in [-0.4, -0.2) is 31.0 Å². The molecule has 0 bridgehead atoms. The van der Waals surface area contributed by atoms with Crippen LogP contribution < -0.4 is 15.2 Å². The predicted octanol–water partition coefficient (Wildman–Crippen LogP) is 1.25. The van der Waals surface area contributed by atoms with Crippen LogP contribution in [-0.2, 0) is 6.42 Å². The second-order valence-electron chi connectivity index (χ2n) is 3.61. The van der Waals surface area contributed by atoms with Gasteiger partial charge in [0.2, 0.25) is 5.89 Å². The van der Waals surface area contributed by atoms with E-state index in [1.807, 2.05) is 12.1 Å². The second kappa shape index (κ2) is 5.50. The third-order valence-electron chi connectivity index (χ3n) is 2.46. The van der Waals surface area contributed by atoms with E-state index in [0.717, 1.165) is 5.56 Å². The first-order valence-corrected chi connectivity index (χ1v) is 5.53. The summed E-state index contributed by atoms with van der Waals surface area (Å²) in [5, 5.41) is 7.89. The molecule has 2 aromatic rings. The number of methoxy groups -OCH3 is 2. The Morgan fingerprint density at radius 2 is 2.06 bits per heavy atom. The van der Waals surface area contributed by atoms with Crippen molar-refractivity contribution in [1.82, 2.24) is 10.2 Å². The number of ether oxygens (including phenoxy) is 2. The van der Waals surface area contributed by atoms with E-state index in [9.17, 15) is 0 Å². The first-order chi connectivity index (χ1) is 8.78. The number of rotatable bonds is 5. The maximum absolute atomic E-state index is 5.50. The standard InChI is InChI=1S/C12H15N3O3/c1-16-8-3-4-9(10(7-8)17-2)12-15-14-11(18-12)5-6-13/h3-4,7H,5-6,13H2,1-2H3. The summed E-state index contributed by atoms with van der Waals surface area (Å²) >= 11 is 0. The lowest BCUT2D eigenvalue weighted by atomic mass is 10.2. The molecule has 0 unspecified atom stereocenters. The van der Waals surface area contributed by atoms with Crippen molar-refractivity contribution < 1.29 is 13.9 Å². The maximum Gasteiger partial charge on any atom is 0.251 e. The largest absolute Gasteiger partial charge is 0.497 e. The quantitative estimate of drug-likeness (QED) is 0.858. The van der Waals surface area contributed by atoms with Crippen molar-refractivity contribution >= 4 is 0 Å². The summed E-state index contributed by atoms with van der Waals surface area (Å²) in [6, 6.07) is 5.39. The number of aromatic nitrogens is 2. The van der Waals surface area contributed by atoms with Gasteiger partial charge in [0.05, 0.1) is 19.8 Å². The molecule has 96 valence electrons. The summed E-state index contributed by atoms with van der Waals surface area (Å²) in [5.74, 6) is 2.26. The van der Waals surface area contributed by atoms with E-state index in [1.54, 1.807) is 20.3 Å². The Labute approximate surface area is 105 Å². The minimum absolute atomic E-state index is 0.415. The zero-order valence-corrected chi connectivity index (χ0v) is 10.3. The smallest absolute Gasteiger partial charge is 0.251 e. The molecule has 1 aromatic carbocycles. The van der Waals surface area contributed by atoms with E-state index in [0.29, 0.717) is 36.2 Å². The SMILES string of the molecule is COc1ccc(-c2nnc(CCN)o2)c(OC)c1. The average Bonchev–Trinajstić information content (AvgIpc) is 2.87. The van der Waals surface area contributed by atoms with Gasteiger partial charge in [0.25, 0.3) is 5.89 Å². The van der Waals surface area contributed by atoms with Gasteiger partial charge in [-0.3, -0.25) is 0 Å². The summed E-state index contributed by atoms with van der Waals surface area (Å²) in [7, 11) is 3.18. The molecule has 0 radical (unpaired) electrons. The molecule has 0 fully saturated rings. The van der Waals surface area contributed by atoms with Gasteiger partial charge in [-0.25, -0.2) is 0 Å². The Balaban J connectivity index is 2.36. The highest BCUT2D eigenvalue weighted by Crippen LogP contribution is 2.32. The molecule has 6 heteroatoms. The van der Waals surface area contributed by atoms with Gasteiger partial charge in [-0.1, -0.05) is 0 Å². The predicted molar refractivity (Wildman–Crippen MR) is 65.6 cm³/mol. The Hall–Kier alpha value is -2.08. The van der Waals surface area contributed by atoms with Gasteiger partial charge in [0.15, 0.2) is 0 Å². The van der Waals surface area contributed by atoms with Crippen molar-refractivity contribution in [1.29, 1.82) is 0 Å². The minimum Gasteiger partial charge on any atom is -0.497 e. The Bertz CT molecular complexity index is 525. The lowest BCUT2D eigenvalue weighted by molar-refractivity contribution is 0.394. The molecule has 0 amide bonds. The zero-order chi connectivity index (χ0) is 13.0. The van der Waals surface area contributed by atoms with E-state index in [2.05, 4.69) is 10.2 Å². The van der Waals surface area contributed by atoms with Crippen molar-refractivity contribution in [3.8, 4) is 23.0 Å². The molecule has 0 aliphatic carbocycles. The van der Waals surface area contributed by atoms with Gasteiger partial charge in [-0.2, -0.15) is 0 Å². The fourth-order valence-corrected chi connectivity index (χ4v) is 1.56. The number of hydrogen-bond acceptors (Lipinski definition) is 6. The summed E-state index contributed by atoms with van der Waals surface area (Å²) < 4.78 is 15.9. The van der Waals surface area contributed by atoms with Crippen LogP contribution in [0.4, 0.5) is 0 Å². The van der Waals surface area contributed by atoms with Gasteiger partial charge >= 0.3 is 0 Å². The molecule has 0 saturated carbocycles. The van der Waals surface area contributed by atoms with E-state index >= 15 is 0 Å². The van der Waals surface area contributed by atoms with Crippen molar-refractivity contribution in [2.75, 3.05) is 20.8 Å². The first kappa shape index (κ1) is 12.4. The Kier molecular flexibility index (Phi) is 3.78. The normalized spacial score (nSPS) is 10.4. The lowest BCUT2D eigenvalue weighted by Crippen LogP contribution is -2.02. The monoisotopic (exact) mass is 249 g/mol. The van der Waals surface area contributed by atoms with Crippen molar-refractivity contribution in [2.24, 2.45) is 5.73 Å². The molecule has 18 heavy (non-hydrogen) atoms. The fourth-order valence-electron chi connectivity index (χ4n) is 1.56. The summed E-state index contributed by atoms with van der Waals surface area (Å²) in [6.45, 7) is 0.474. The molecule has 6 nitrogen and oxygen atoms in total. The van der Waals surface area contributed by atoms with Crippen LogP contribution in [0.5, 0.6) is 11.5 Å². The summed E-state index contributed by atoms with van der Waals surface area (Å²) in [5.41, 5.74) is 6.16. The van der Waals surface area contributed by atoms with E-state index < -0.39 is 0 Å². The van der Waals surface area contributed by atoms with Crippen LogP contribution in [0.25, 0.3) is 11.5 Å². The van der Waals surface area contributed by atoms with Crippen LogP contribution in [0.3, 0.4) is 0 Å².